The van der Waals surface area contributed by atoms with Gasteiger partial charge in [-0.2, -0.15) is 0 Å². The van der Waals surface area contributed by atoms with E-state index in [1.54, 1.807) is 10.4 Å². The second-order valence-electron chi connectivity index (χ2n) is 7.67. The van der Waals surface area contributed by atoms with Crippen LogP contribution < -0.4 is 0 Å². The van der Waals surface area contributed by atoms with Crippen LogP contribution in [0.25, 0.3) is 0 Å². The van der Waals surface area contributed by atoms with Crippen LogP contribution in [0.2, 0.25) is 0 Å². The second kappa shape index (κ2) is 9.80. The molecule has 0 aliphatic carbocycles. The number of carbonyl (C=O) groups is 1. The smallest absolute Gasteiger partial charge is 0.308 e. The molecule has 0 aromatic heterocycles. The zero-order chi connectivity index (χ0) is 20.7. The van der Waals surface area contributed by atoms with E-state index in [9.17, 15) is 9.00 Å². The highest BCUT2D eigenvalue weighted by molar-refractivity contribution is 7.82. The number of esters is 1. The number of hydrogen-bond donors (Lipinski definition) is 0. The minimum absolute atomic E-state index is 0.104. The Hall–Kier alpha value is -2.24. The van der Waals surface area contributed by atoms with Gasteiger partial charge in [0.1, 0.15) is 16.6 Å². The molecule has 0 saturated heterocycles. The Balaban J connectivity index is 2.38. The first-order valence-electron chi connectivity index (χ1n) is 9.34. The summed E-state index contributed by atoms with van der Waals surface area (Å²) in [6, 6.07) is 16.8. The largest absolute Gasteiger partial charge is 0.460 e. The summed E-state index contributed by atoms with van der Waals surface area (Å²) >= 11 is 0. The predicted octanol–water partition coefficient (Wildman–Crippen LogP) is 4.98. The molecule has 0 N–H and O–H groups in total. The first-order valence-corrected chi connectivity index (χ1v) is 10.4. The van der Waals surface area contributed by atoms with E-state index in [1.165, 1.54) is 0 Å². The van der Waals surface area contributed by atoms with E-state index in [0.717, 1.165) is 11.1 Å². The summed E-state index contributed by atoms with van der Waals surface area (Å²) in [5.74, 6) is -0.323. The molecule has 28 heavy (non-hydrogen) atoms. The summed E-state index contributed by atoms with van der Waals surface area (Å²) in [6.45, 7) is 11.7. The van der Waals surface area contributed by atoms with E-state index >= 15 is 0 Å². The van der Waals surface area contributed by atoms with Crippen LogP contribution in [-0.2, 0) is 20.5 Å². The molecule has 2 rings (SSSR count). The Morgan fingerprint density at radius 1 is 1.14 bits per heavy atom. The lowest BCUT2D eigenvalue weighted by atomic mass is 10.0. The quantitative estimate of drug-likeness (QED) is 0.465. The van der Waals surface area contributed by atoms with Crippen molar-refractivity contribution in [3.8, 4) is 0 Å². The Morgan fingerprint density at radius 2 is 1.75 bits per heavy atom. The van der Waals surface area contributed by atoms with Gasteiger partial charge in [0, 0.05) is 6.54 Å². The van der Waals surface area contributed by atoms with Gasteiger partial charge in [-0.15, -0.1) is 6.58 Å². The van der Waals surface area contributed by atoms with Crippen LogP contribution in [-0.4, -0.2) is 26.6 Å². The standard InChI is InChI=1S/C23H29NO3S/c1-6-16-24(28(26)20-14-12-18(2)13-15-20)21(19-10-8-7-9-11-19)17-22(25)27-23(3,4)5/h6-15,21H,1,16-17H2,2-5H3/t21-,28?/m1/s1. The van der Waals surface area contributed by atoms with Gasteiger partial charge in [0.05, 0.1) is 17.4 Å². The predicted molar refractivity (Wildman–Crippen MR) is 114 cm³/mol. The Bertz CT molecular complexity index is 810. The van der Waals surface area contributed by atoms with Gasteiger partial charge < -0.3 is 4.74 Å². The number of hydrogen-bond acceptors (Lipinski definition) is 3. The molecule has 0 amide bonds. The molecule has 0 aliphatic rings. The number of benzene rings is 2. The van der Waals surface area contributed by atoms with Crippen molar-refractivity contribution in [2.45, 2.75) is 50.7 Å². The topological polar surface area (TPSA) is 46.6 Å². The van der Waals surface area contributed by atoms with E-state index in [2.05, 4.69) is 6.58 Å². The number of nitrogens with zero attached hydrogens (tertiary/aromatic N) is 1. The number of rotatable bonds is 8. The van der Waals surface area contributed by atoms with Crippen LogP contribution in [0.4, 0.5) is 0 Å². The second-order valence-corrected chi connectivity index (χ2v) is 9.11. The van der Waals surface area contributed by atoms with Gasteiger partial charge >= 0.3 is 5.97 Å². The van der Waals surface area contributed by atoms with Crippen LogP contribution >= 0.6 is 0 Å². The highest BCUT2D eigenvalue weighted by Gasteiger charge is 2.29. The lowest BCUT2D eigenvalue weighted by Crippen LogP contribution is -2.34. The summed E-state index contributed by atoms with van der Waals surface area (Å²) in [7, 11) is -1.45. The monoisotopic (exact) mass is 399 g/mol. The van der Waals surface area contributed by atoms with Crippen molar-refractivity contribution in [2.75, 3.05) is 6.54 Å². The third kappa shape index (κ3) is 6.43. The molecule has 5 heteroatoms. The maximum absolute atomic E-state index is 13.4. The maximum Gasteiger partial charge on any atom is 0.308 e. The van der Waals surface area contributed by atoms with E-state index in [0.29, 0.717) is 11.4 Å². The van der Waals surface area contributed by atoms with Crippen LogP contribution in [0.1, 0.15) is 44.4 Å². The van der Waals surface area contributed by atoms with Crippen molar-refractivity contribution < 1.29 is 13.7 Å². The molecule has 2 aromatic carbocycles. The van der Waals surface area contributed by atoms with E-state index < -0.39 is 22.6 Å². The van der Waals surface area contributed by atoms with Crippen molar-refractivity contribution >= 4 is 17.0 Å². The van der Waals surface area contributed by atoms with Gasteiger partial charge in [-0.05, 0) is 45.4 Å². The summed E-state index contributed by atoms with van der Waals surface area (Å²) in [5, 5.41) is 0. The molecule has 0 heterocycles. The van der Waals surface area contributed by atoms with E-state index in [4.69, 9.17) is 4.74 Å². The van der Waals surface area contributed by atoms with Gasteiger partial charge in [0.25, 0.3) is 0 Å². The van der Waals surface area contributed by atoms with Crippen LogP contribution in [0.5, 0.6) is 0 Å². The Kier molecular flexibility index (Phi) is 7.72. The molecule has 0 radical (unpaired) electrons. The van der Waals surface area contributed by atoms with Crippen molar-refractivity contribution in [1.82, 2.24) is 4.31 Å². The van der Waals surface area contributed by atoms with Crippen molar-refractivity contribution in [1.29, 1.82) is 0 Å². The van der Waals surface area contributed by atoms with Gasteiger partial charge in [-0.25, -0.2) is 8.51 Å². The molecule has 1 unspecified atom stereocenters. The fourth-order valence-corrected chi connectivity index (χ4v) is 4.14. The molecule has 2 aromatic rings. The Morgan fingerprint density at radius 3 is 2.29 bits per heavy atom. The molecule has 0 aliphatic heterocycles. The molecular weight excluding hydrogens is 370 g/mol. The van der Waals surface area contributed by atoms with Crippen molar-refractivity contribution in [3.05, 3.63) is 78.4 Å². The fourth-order valence-electron chi connectivity index (χ4n) is 2.83. The summed E-state index contributed by atoms with van der Waals surface area (Å²) in [5.41, 5.74) is 1.44. The maximum atomic E-state index is 13.4. The zero-order valence-electron chi connectivity index (χ0n) is 17.1. The molecule has 0 spiro atoms. The summed E-state index contributed by atoms with van der Waals surface area (Å²) in [6.07, 6.45) is 1.81. The average molecular weight is 400 g/mol. The average Bonchev–Trinajstić information content (AvgIpc) is 2.64. The molecule has 0 saturated carbocycles. The molecular formula is C23H29NO3S. The third-order valence-corrected chi connectivity index (χ3v) is 5.56. The molecule has 0 fully saturated rings. The van der Waals surface area contributed by atoms with Crippen LogP contribution in [0.3, 0.4) is 0 Å². The molecule has 2 atom stereocenters. The minimum atomic E-state index is -1.45. The number of carbonyl (C=O) groups excluding carboxylic acids is 1. The highest BCUT2D eigenvalue weighted by atomic mass is 32.2. The third-order valence-electron chi connectivity index (χ3n) is 4.06. The van der Waals surface area contributed by atoms with Gasteiger partial charge in [0.2, 0.25) is 0 Å². The highest BCUT2D eigenvalue weighted by Crippen LogP contribution is 2.29. The van der Waals surface area contributed by atoms with Crippen molar-refractivity contribution in [2.24, 2.45) is 0 Å². The van der Waals surface area contributed by atoms with Crippen LogP contribution in [0.15, 0.2) is 72.1 Å². The summed E-state index contributed by atoms with van der Waals surface area (Å²) < 4.78 is 20.7. The SMILES string of the molecule is C=CCN([C@H](CC(=O)OC(C)(C)C)c1ccccc1)S(=O)c1ccc(C)cc1. The molecule has 0 bridgehead atoms. The minimum Gasteiger partial charge on any atom is -0.460 e. The normalized spacial score (nSPS) is 13.8. The summed E-state index contributed by atoms with van der Waals surface area (Å²) in [4.78, 5) is 13.3. The Labute approximate surface area is 170 Å². The first kappa shape index (κ1) is 22.1. The van der Waals surface area contributed by atoms with Gasteiger partial charge in [-0.3, -0.25) is 4.79 Å². The lowest BCUT2D eigenvalue weighted by Gasteiger charge is -2.30. The molecule has 150 valence electrons. The lowest BCUT2D eigenvalue weighted by molar-refractivity contribution is -0.155. The fraction of sp³-hybridized carbons (Fsp3) is 0.348. The number of ether oxygens (including phenoxy) is 1. The number of aryl methyl sites for hydroxylation is 1. The first-order chi connectivity index (χ1) is 13.2. The van der Waals surface area contributed by atoms with E-state index in [-0.39, 0.29) is 12.4 Å². The van der Waals surface area contributed by atoms with E-state index in [1.807, 2.05) is 82.3 Å². The zero-order valence-corrected chi connectivity index (χ0v) is 17.9. The van der Waals surface area contributed by atoms with Crippen molar-refractivity contribution in [3.63, 3.8) is 0 Å². The van der Waals surface area contributed by atoms with Gasteiger partial charge in [-0.1, -0.05) is 54.1 Å². The van der Waals surface area contributed by atoms with Gasteiger partial charge in [0.15, 0.2) is 0 Å². The molecule has 4 nitrogen and oxygen atoms in total. The van der Waals surface area contributed by atoms with Crippen LogP contribution in [0, 0.1) is 6.92 Å².